The second-order valence-electron chi connectivity index (χ2n) is 18.0. The van der Waals surface area contributed by atoms with Gasteiger partial charge in [-0.2, -0.15) is 0 Å². The van der Waals surface area contributed by atoms with Crippen LogP contribution < -0.4 is 24.8 Å². The fourth-order valence-corrected chi connectivity index (χ4v) is 10.4. The van der Waals surface area contributed by atoms with Gasteiger partial charge in [0, 0.05) is 46.4 Å². The topological polar surface area (TPSA) is 182 Å². The molecule has 0 radical (unpaired) electrons. The van der Waals surface area contributed by atoms with E-state index in [4.69, 9.17) is 19.2 Å². The summed E-state index contributed by atoms with van der Waals surface area (Å²) in [5.74, 6) is -1.57. The Hall–Kier alpha value is -5.44. The first-order chi connectivity index (χ1) is 29.2. The number of aromatic nitrogens is 1. The quantitative estimate of drug-likeness (QED) is 0.215. The van der Waals surface area contributed by atoms with Crippen molar-refractivity contribution in [3.8, 4) is 22.8 Å². The number of pyridine rings is 1. The van der Waals surface area contributed by atoms with Crippen molar-refractivity contribution >= 4 is 50.8 Å². The van der Waals surface area contributed by atoms with Crippen molar-refractivity contribution < 1.29 is 41.8 Å². The minimum atomic E-state index is -3.92. The van der Waals surface area contributed by atoms with Gasteiger partial charge in [-0.3, -0.25) is 19.1 Å². The maximum atomic E-state index is 15.0. The molecule has 1 saturated heterocycles. The highest BCUT2D eigenvalue weighted by atomic mass is 32.2. The summed E-state index contributed by atoms with van der Waals surface area (Å²) in [6.07, 6.45) is 9.91. The zero-order valence-electron chi connectivity index (χ0n) is 35.0. The molecule has 5 atom stereocenters. The van der Waals surface area contributed by atoms with Gasteiger partial charge >= 0.3 is 6.09 Å². The number of benzene rings is 2. The van der Waals surface area contributed by atoms with Gasteiger partial charge in [0.05, 0.1) is 36.7 Å². The largest absolute Gasteiger partial charge is 0.496 e. The van der Waals surface area contributed by atoms with Crippen molar-refractivity contribution in [2.24, 2.45) is 17.3 Å². The molecule has 14 nitrogen and oxygen atoms in total. The number of methoxy groups -OCH3 is 1. The van der Waals surface area contributed by atoms with Crippen molar-refractivity contribution in [1.82, 2.24) is 25.2 Å². The zero-order valence-corrected chi connectivity index (χ0v) is 35.8. The van der Waals surface area contributed by atoms with E-state index in [9.17, 15) is 22.8 Å². The van der Waals surface area contributed by atoms with Crippen LogP contribution in [0.3, 0.4) is 0 Å². The zero-order chi connectivity index (χ0) is 43.1. The van der Waals surface area contributed by atoms with Crippen molar-refractivity contribution in [2.45, 2.75) is 107 Å². The molecular weight excluding hydrogens is 799 g/mol. The maximum Gasteiger partial charge on any atom is 0.407 e. The third-order valence-corrected chi connectivity index (χ3v) is 14.6. The summed E-state index contributed by atoms with van der Waals surface area (Å²) in [5.41, 5.74) is 0.868. The van der Waals surface area contributed by atoms with E-state index < -0.39 is 74.1 Å². The SMILES string of the molecule is C=C[C@@H]1C[C@]1(NC(=O)[C@@H]1C[C@@H]2CN1C(=O)[C@H](C1CCCCC1)NC(=O)OCC(C)(C)C/C=C/c1cc3c(cc(-c4ccccc4)nc3cc1OC)O2)C(=O)NS(=O)(=O)C1CC1. The smallest absolute Gasteiger partial charge is 0.407 e. The molecule has 61 heavy (non-hydrogen) atoms. The summed E-state index contributed by atoms with van der Waals surface area (Å²) in [6, 6.07) is 13.2. The molecule has 8 rings (SSSR count). The molecule has 2 aliphatic heterocycles. The number of hydrogen-bond acceptors (Lipinski definition) is 10. The lowest BCUT2D eigenvalue weighted by atomic mass is 9.83. The third-order valence-electron chi connectivity index (χ3n) is 12.8. The normalized spacial score (nSPS) is 27.4. The lowest BCUT2D eigenvalue weighted by molar-refractivity contribution is -0.142. The highest BCUT2D eigenvalue weighted by Crippen LogP contribution is 2.46. The van der Waals surface area contributed by atoms with Gasteiger partial charge < -0.3 is 29.7 Å². The number of amides is 4. The lowest BCUT2D eigenvalue weighted by Crippen LogP contribution is -2.59. The second kappa shape index (κ2) is 16.8. The lowest BCUT2D eigenvalue weighted by Gasteiger charge is -2.35. The first kappa shape index (κ1) is 42.3. The van der Waals surface area contributed by atoms with E-state index in [0.717, 1.165) is 30.4 Å². The van der Waals surface area contributed by atoms with Crippen LogP contribution in [0.4, 0.5) is 4.79 Å². The van der Waals surface area contributed by atoms with Crippen LogP contribution in [0.25, 0.3) is 28.2 Å². The van der Waals surface area contributed by atoms with E-state index in [1.54, 1.807) is 7.11 Å². The molecule has 324 valence electrons. The third kappa shape index (κ3) is 8.98. The van der Waals surface area contributed by atoms with Gasteiger partial charge in [-0.05, 0) is 50.5 Å². The van der Waals surface area contributed by atoms with E-state index in [0.29, 0.717) is 60.2 Å². The van der Waals surface area contributed by atoms with Crippen LogP contribution >= 0.6 is 0 Å². The average Bonchev–Trinajstić information content (AvgIpc) is 4.18. The molecule has 4 amide bonds. The first-order valence-electron chi connectivity index (χ1n) is 21.4. The summed E-state index contributed by atoms with van der Waals surface area (Å²) in [5, 5.41) is 5.83. The Labute approximate surface area is 356 Å². The molecular formula is C46H55N5O9S. The Morgan fingerprint density at radius 1 is 1.05 bits per heavy atom. The van der Waals surface area contributed by atoms with Gasteiger partial charge in [0.25, 0.3) is 5.91 Å². The van der Waals surface area contributed by atoms with E-state index in [2.05, 4.69) is 21.9 Å². The van der Waals surface area contributed by atoms with Crippen LogP contribution in [0.15, 0.2) is 67.3 Å². The molecule has 0 unspecified atom stereocenters. The number of nitrogens with one attached hydrogen (secondary N) is 3. The van der Waals surface area contributed by atoms with Crippen molar-refractivity contribution in [1.29, 1.82) is 0 Å². The highest BCUT2D eigenvalue weighted by Gasteiger charge is 2.62. The molecule has 4 fully saturated rings. The van der Waals surface area contributed by atoms with Crippen LogP contribution in [0.5, 0.6) is 11.5 Å². The Morgan fingerprint density at radius 2 is 1.80 bits per heavy atom. The molecule has 3 N–H and O–H groups in total. The number of fused-ring (bicyclic) bond motifs is 3. The number of sulfonamides is 1. The maximum absolute atomic E-state index is 15.0. The number of hydrogen-bond donors (Lipinski definition) is 3. The van der Waals surface area contributed by atoms with Crippen molar-refractivity contribution in [3.05, 3.63) is 72.8 Å². The molecule has 3 heterocycles. The number of carbonyl (C=O) groups is 4. The van der Waals surface area contributed by atoms with Gasteiger partial charge in [-0.25, -0.2) is 18.2 Å². The average molecular weight is 854 g/mol. The number of alkyl carbamates (subject to hydrolysis) is 1. The highest BCUT2D eigenvalue weighted by molar-refractivity contribution is 7.91. The van der Waals surface area contributed by atoms with E-state index in [1.165, 1.54) is 11.0 Å². The predicted octanol–water partition coefficient (Wildman–Crippen LogP) is 6.05. The second-order valence-corrected chi connectivity index (χ2v) is 20.0. The van der Waals surface area contributed by atoms with Crippen LogP contribution in [-0.2, 0) is 29.1 Å². The molecule has 4 bridgehead atoms. The van der Waals surface area contributed by atoms with E-state index >= 15 is 4.79 Å². The fourth-order valence-electron chi connectivity index (χ4n) is 9.00. The van der Waals surface area contributed by atoms with Gasteiger partial charge in [0.15, 0.2) is 0 Å². The molecule has 3 aromatic rings. The molecule has 1 aromatic heterocycles. The number of nitrogens with zero attached hydrogens (tertiary/aromatic N) is 2. The fraction of sp³-hybridized carbons (Fsp3) is 0.500. The summed E-state index contributed by atoms with van der Waals surface area (Å²) in [7, 11) is -2.32. The summed E-state index contributed by atoms with van der Waals surface area (Å²) >= 11 is 0. The van der Waals surface area contributed by atoms with E-state index in [1.807, 2.05) is 74.5 Å². The number of cyclic esters (lactones) is 1. The van der Waals surface area contributed by atoms with Crippen molar-refractivity contribution in [3.63, 3.8) is 0 Å². The van der Waals surface area contributed by atoms with Crippen LogP contribution in [-0.4, -0.2) is 91.4 Å². The molecule has 0 spiro atoms. The predicted molar refractivity (Wildman–Crippen MR) is 230 cm³/mol. The Balaban J connectivity index is 1.20. The van der Waals surface area contributed by atoms with Crippen LogP contribution in [0.1, 0.15) is 83.6 Å². The van der Waals surface area contributed by atoms with Crippen LogP contribution in [0.2, 0.25) is 0 Å². The molecule has 3 aliphatic carbocycles. The Kier molecular flexibility index (Phi) is 11.6. The van der Waals surface area contributed by atoms with Gasteiger partial charge in [-0.15, -0.1) is 6.58 Å². The van der Waals surface area contributed by atoms with Crippen molar-refractivity contribution in [2.75, 3.05) is 20.3 Å². The van der Waals surface area contributed by atoms with E-state index in [-0.39, 0.29) is 31.9 Å². The van der Waals surface area contributed by atoms with Crippen LogP contribution in [0, 0.1) is 17.3 Å². The van der Waals surface area contributed by atoms with Gasteiger partial charge in [-0.1, -0.05) is 81.7 Å². The molecule has 15 heteroatoms. The summed E-state index contributed by atoms with van der Waals surface area (Å²) < 4.78 is 46.5. The summed E-state index contributed by atoms with van der Waals surface area (Å²) in [4.78, 5) is 63.5. The molecule has 3 saturated carbocycles. The Bertz CT molecular complexity index is 2360. The number of ether oxygens (including phenoxy) is 3. The monoisotopic (exact) mass is 853 g/mol. The minimum absolute atomic E-state index is 0.0164. The number of allylic oxidation sites excluding steroid dienone is 1. The number of carbonyl (C=O) groups excluding carboxylic acids is 4. The molecule has 5 aliphatic rings. The Morgan fingerprint density at radius 3 is 2.49 bits per heavy atom. The van der Waals surface area contributed by atoms with Gasteiger partial charge in [0.1, 0.15) is 35.2 Å². The number of rotatable bonds is 9. The molecule has 2 aromatic carbocycles. The minimum Gasteiger partial charge on any atom is -0.496 e. The first-order valence-corrected chi connectivity index (χ1v) is 22.9. The van der Waals surface area contributed by atoms with Gasteiger partial charge in [0.2, 0.25) is 21.8 Å². The summed E-state index contributed by atoms with van der Waals surface area (Å²) in [6.45, 7) is 7.87. The standard InChI is InChI=1S/C46H55N5O9S/c1-5-31-25-46(31,43(54)50-61(56,57)33-18-19-33)49-41(52)37-22-32-26-51(37)42(53)40(29-15-10-7-11-16-29)48-44(55)59-27-45(2,3)20-12-17-30-21-34-36(24-38(30)58-4)47-35(23-39(34)60-32)28-13-8-6-9-14-28/h5-6,8-9,12-14,17,21,23-24,29,31-33,37,40H,1,7,10-11,15-16,18-20,22,25-27H2,2-4H3,(H,48,55)(H,49,52)(H,50,54)/b17-12+/t31-,32-,37+,40+,46-/m1/s1.